The molecule has 0 amide bonds. The van der Waals surface area contributed by atoms with Crippen molar-refractivity contribution in [1.29, 1.82) is 0 Å². The zero-order valence-corrected chi connectivity index (χ0v) is 5.73. The van der Waals surface area contributed by atoms with Gasteiger partial charge in [0.1, 0.15) is 5.82 Å². The highest BCUT2D eigenvalue weighted by molar-refractivity contribution is 5.02. The van der Waals surface area contributed by atoms with Gasteiger partial charge < -0.3 is 17.0 Å². The molecule has 0 unspecified atom stereocenters. The second-order valence-electron chi connectivity index (χ2n) is 1.30. The molecule has 0 aliphatic rings. The molecule has 0 radical (unpaired) electrons. The molecule has 8 heavy (non-hydrogen) atoms. The zero-order chi connectivity index (χ0) is 5.11. The normalized spacial score (nSPS) is 7.62. The maximum atomic E-state index is 11.9. The van der Waals surface area contributed by atoms with Crippen molar-refractivity contribution in [3.05, 3.63) is 36.1 Å². The lowest BCUT2D eigenvalue weighted by Gasteiger charge is -1.78. The van der Waals surface area contributed by atoms with Gasteiger partial charge in [-0.15, -0.1) is 0 Å². The van der Waals surface area contributed by atoms with Gasteiger partial charge in [0.05, 0.1) is 0 Å². The Morgan fingerprint density at radius 1 is 1.00 bits per heavy atom. The van der Waals surface area contributed by atoms with Crippen LogP contribution in [0.1, 0.15) is 0 Å². The van der Waals surface area contributed by atoms with Gasteiger partial charge in [-0.3, -0.25) is 0 Å². The van der Waals surface area contributed by atoms with Crippen molar-refractivity contribution < 1.29 is 21.4 Å². The Bertz CT molecular complexity index is 138. The summed E-state index contributed by atoms with van der Waals surface area (Å²) < 4.78 is 11.9. The van der Waals surface area contributed by atoms with Gasteiger partial charge >= 0.3 is 0 Å². The summed E-state index contributed by atoms with van der Waals surface area (Å²) >= 11 is 0. The van der Waals surface area contributed by atoms with Gasteiger partial charge in [-0.05, 0) is 12.1 Å². The molecule has 1 aromatic rings. The van der Waals surface area contributed by atoms with Crippen LogP contribution in [-0.2, 0) is 0 Å². The fourth-order valence-electron chi connectivity index (χ4n) is 0.415. The SMILES string of the molecule is Fc1ccccc1.[Br-]. The molecule has 0 N–H and O–H groups in total. The topological polar surface area (TPSA) is 0 Å². The van der Waals surface area contributed by atoms with Gasteiger partial charge in [-0.1, -0.05) is 18.2 Å². The second-order valence-corrected chi connectivity index (χ2v) is 1.30. The van der Waals surface area contributed by atoms with Crippen LogP contribution in [0, 0.1) is 5.82 Å². The monoisotopic (exact) mass is 175 g/mol. The van der Waals surface area contributed by atoms with E-state index >= 15 is 0 Å². The number of benzene rings is 1. The van der Waals surface area contributed by atoms with E-state index in [1.54, 1.807) is 18.2 Å². The molecule has 0 aliphatic heterocycles. The minimum Gasteiger partial charge on any atom is -1.00 e. The third-order valence-corrected chi connectivity index (χ3v) is 0.733. The van der Waals surface area contributed by atoms with Crippen LogP contribution in [0.15, 0.2) is 30.3 Å². The maximum absolute atomic E-state index is 11.9. The Morgan fingerprint density at radius 3 is 1.75 bits per heavy atom. The van der Waals surface area contributed by atoms with Crippen LogP contribution < -0.4 is 17.0 Å². The first-order chi connectivity index (χ1) is 3.39. The van der Waals surface area contributed by atoms with Gasteiger partial charge in [0, 0.05) is 0 Å². The summed E-state index contributed by atoms with van der Waals surface area (Å²) in [7, 11) is 0. The largest absolute Gasteiger partial charge is 1.00 e. The smallest absolute Gasteiger partial charge is 0.123 e. The van der Waals surface area contributed by atoms with Crippen LogP contribution in [0.4, 0.5) is 4.39 Å². The molecule has 0 heterocycles. The molecule has 0 saturated heterocycles. The van der Waals surface area contributed by atoms with E-state index in [2.05, 4.69) is 0 Å². The summed E-state index contributed by atoms with van der Waals surface area (Å²) in [6.45, 7) is 0. The zero-order valence-electron chi connectivity index (χ0n) is 4.14. The lowest BCUT2D eigenvalue weighted by Crippen LogP contribution is -3.00. The van der Waals surface area contributed by atoms with Crippen LogP contribution in [0.25, 0.3) is 0 Å². The molecule has 0 fully saturated rings. The van der Waals surface area contributed by atoms with Crippen molar-refractivity contribution in [3.63, 3.8) is 0 Å². The molecular formula is C6H5BrF-. The van der Waals surface area contributed by atoms with Crippen molar-refractivity contribution in [2.45, 2.75) is 0 Å². The molecular weight excluding hydrogens is 171 g/mol. The highest BCUT2D eigenvalue weighted by Gasteiger charge is 1.77. The molecule has 0 saturated carbocycles. The third kappa shape index (κ3) is 2.07. The average molecular weight is 176 g/mol. The van der Waals surface area contributed by atoms with Crippen molar-refractivity contribution in [2.75, 3.05) is 0 Å². The molecule has 1 aromatic carbocycles. The molecule has 0 atom stereocenters. The van der Waals surface area contributed by atoms with E-state index in [-0.39, 0.29) is 22.8 Å². The fourth-order valence-corrected chi connectivity index (χ4v) is 0.415. The van der Waals surface area contributed by atoms with E-state index in [9.17, 15) is 4.39 Å². The molecule has 0 aromatic heterocycles. The van der Waals surface area contributed by atoms with E-state index in [1.165, 1.54) is 12.1 Å². The van der Waals surface area contributed by atoms with E-state index < -0.39 is 0 Å². The van der Waals surface area contributed by atoms with E-state index in [0.717, 1.165) is 0 Å². The Hall–Kier alpha value is -0.370. The maximum Gasteiger partial charge on any atom is 0.123 e. The van der Waals surface area contributed by atoms with Crippen molar-refractivity contribution in [1.82, 2.24) is 0 Å². The standard InChI is InChI=1S/C6H5F.BrH/c7-6-4-2-1-3-5-6;/h1-5H;1H/p-1. The lowest BCUT2D eigenvalue weighted by atomic mass is 10.4. The molecule has 0 spiro atoms. The highest BCUT2D eigenvalue weighted by atomic mass is 79.9. The summed E-state index contributed by atoms with van der Waals surface area (Å²) in [5.41, 5.74) is 0. The van der Waals surface area contributed by atoms with Crippen molar-refractivity contribution in [2.24, 2.45) is 0 Å². The number of hydrogen-bond acceptors (Lipinski definition) is 0. The van der Waals surface area contributed by atoms with E-state index in [0.29, 0.717) is 0 Å². The quantitative estimate of drug-likeness (QED) is 0.467. The summed E-state index contributed by atoms with van der Waals surface area (Å²) in [6.07, 6.45) is 0. The minimum absolute atomic E-state index is 0. The van der Waals surface area contributed by atoms with Crippen molar-refractivity contribution in [3.8, 4) is 0 Å². The van der Waals surface area contributed by atoms with Crippen LogP contribution in [0.5, 0.6) is 0 Å². The molecule has 0 nitrogen and oxygen atoms in total. The van der Waals surface area contributed by atoms with Gasteiger partial charge in [0.2, 0.25) is 0 Å². The predicted octanol–water partition coefficient (Wildman–Crippen LogP) is -1.17. The Kier molecular flexibility index (Phi) is 3.44. The molecule has 44 valence electrons. The predicted molar refractivity (Wildman–Crippen MR) is 26.4 cm³/mol. The van der Waals surface area contributed by atoms with Crippen LogP contribution in [0.2, 0.25) is 0 Å². The first kappa shape index (κ1) is 7.63. The van der Waals surface area contributed by atoms with E-state index in [1.807, 2.05) is 0 Å². The Morgan fingerprint density at radius 2 is 1.50 bits per heavy atom. The Balaban J connectivity index is 0.000000490. The summed E-state index contributed by atoms with van der Waals surface area (Å²) in [6, 6.07) is 7.94. The summed E-state index contributed by atoms with van der Waals surface area (Å²) in [4.78, 5) is 0. The van der Waals surface area contributed by atoms with Gasteiger partial charge in [0.25, 0.3) is 0 Å². The summed E-state index contributed by atoms with van der Waals surface area (Å²) in [5, 5.41) is 0. The number of halogens is 2. The average Bonchev–Trinajstić information content (AvgIpc) is 1.69. The first-order valence-electron chi connectivity index (χ1n) is 2.10. The van der Waals surface area contributed by atoms with Crippen LogP contribution in [-0.4, -0.2) is 0 Å². The third-order valence-electron chi connectivity index (χ3n) is 0.733. The summed E-state index contributed by atoms with van der Waals surface area (Å²) in [5.74, 6) is -0.178. The first-order valence-corrected chi connectivity index (χ1v) is 2.10. The van der Waals surface area contributed by atoms with Crippen molar-refractivity contribution >= 4 is 0 Å². The lowest BCUT2D eigenvalue weighted by molar-refractivity contribution is -0.00000204. The molecule has 0 bridgehead atoms. The fraction of sp³-hybridized carbons (Fsp3) is 0. The number of rotatable bonds is 0. The minimum atomic E-state index is -0.178. The van der Waals surface area contributed by atoms with Gasteiger partial charge in [-0.25, -0.2) is 4.39 Å². The number of hydrogen-bond donors (Lipinski definition) is 0. The highest BCUT2D eigenvalue weighted by Crippen LogP contribution is 1.91. The molecule has 0 aliphatic carbocycles. The van der Waals surface area contributed by atoms with Gasteiger partial charge in [0.15, 0.2) is 0 Å². The van der Waals surface area contributed by atoms with Crippen LogP contribution >= 0.6 is 0 Å². The second kappa shape index (κ2) is 3.61. The van der Waals surface area contributed by atoms with Gasteiger partial charge in [-0.2, -0.15) is 0 Å². The Labute approximate surface area is 58.1 Å². The molecule has 2 heteroatoms. The van der Waals surface area contributed by atoms with E-state index in [4.69, 9.17) is 0 Å². The molecule has 1 rings (SSSR count). The van der Waals surface area contributed by atoms with Crippen LogP contribution in [0.3, 0.4) is 0 Å².